The highest BCUT2D eigenvalue weighted by Crippen LogP contribution is 2.47. The van der Waals surface area contributed by atoms with Crippen molar-refractivity contribution in [1.29, 1.82) is 0 Å². The number of phenolic OH excluding ortho intramolecular Hbond substituents is 1. The van der Waals surface area contributed by atoms with Crippen LogP contribution in [-0.2, 0) is 26.6 Å². The van der Waals surface area contributed by atoms with Gasteiger partial charge in [0.1, 0.15) is 29.5 Å². The molecule has 218 valence electrons. The van der Waals surface area contributed by atoms with Crippen LogP contribution >= 0.6 is 0 Å². The van der Waals surface area contributed by atoms with Crippen LogP contribution in [0.25, 0.3) is 11.1 Å². The minimum absolute atomic E-state index is 0.0818. The zero-order valence-electron chi connectivity index (χ0n) is 23.4. The molecule has 1 unspecified atom stereocenters. The fraction of sp³-hybridized carbons (Fsp3) is 0.367. The molecule has 0 saturated heterocycles. The maximum absolute atomic E-state index is 16.0. The molecule has 2 aliphatic heterocycles. The Morgan fingerprint density at radius 1 is 1.20 bits per heavy atom. The van der Waals surface area contributed by atoms with Crippen molar-refractivity contribution in [3.05, 3.63) is 65.2 Å². The predicted octanol–water partition coefficient (Wildman–Crippen LogP) is 5.77. The number of nitrogens with one attached hydrogen (secondary N) is 2. The summed E-state index contributed by atoms with van der Waals surface area (Å²) in [6.45, 7) is 7.11. The molecule has 9 nitrogen and oxygen atoms in total. The third-order valence-corrected chi connectivity index (χ3v) is 7.33. The van der Waals surface area contributed by atoms with Crippen LogP contribution in [0.15, 0.2) is 42.5 Å². The van der Waals surface area contributed by atoms with Crippen LogP contribution in [-0.4, -0.2) is 22.0 Å². The van der Waals surface area contributed by atoms with Crippen LogP contribution < -0.4 is 21.3 Å². The maximum atomic E-state index is 16.0. The molecule has 0 radical (unpaired) electrons. The molecule has 0 fully saturated rings. The number of carbonyl (C=O) groups excluding carboxylic acids is 2. The van der Waals surface area contributed by atoms with Crippen molar-refractivity contribution in [1.82, 2.24) is 4.98 Å². The summed E-state index contributed by atoms with van der Waals surface area (Å²) in [6.07, 6.45) is 1.81. The van der Waals surface area contributed by atoms with E-state index in [0.29, 0.717) is 12.8 Å². The number of halogens is 2. The van der Waals surface area contributed by atoms with Gasteiger partial charge in [0.15, 0.2) is 5.82 Å². The van der Waals surface area contributed by atoms with Crippen LogP contribution in [0.2, 0.25) is 0 Å². The molecule has 0 aliphatic carbocycles. The average molecular weight is 569 g/mol. The Kier molecular flexibility index (Phi) is 8.77. The van der Waals surface area contributed by atoms with Crippen molar-refractivity contribution in [2.75, 3.05) is 10.8 Å². The Hall–Kier alpha value is -4.25. The predicted molar refractivity (Wildman–Crippen MR) is 150 cm³/mol. The Balaban J connectivity index is 1.98. The van der Waals surface area contributed by atoms with E-state index in [1.165, 1.54) is 12.1 Å². The van der Waals surface area contributed by atoms with Crippen LogP contribution in [0.3, 0.4) is 0 Å². The van der Waals surface area contributed by atoms with Crippen molar-refractivity contribution >= 4 is 23.5 Å². The molecule has 41 heavy (non-hydrogen) atoms. The molecule has 2 bridgehead atoms. The number of fused-ring (bicyclic) bond motifs is 5. The monoisotopic (exact) mass is 568 g/mol. The summed E-state index contributed by atoms with van der Waals surface area (Å²) in [5.74, 6) is -7.00. The van der Waals surface area contributed by atoms with E-state index in [-0.39, 0.29) is 29.3 Å². The third kappa shape index (κ3) is 5.67. The van der Waals surface area contributed by atoms with Crippen molar-refractivity contribution in [3.63, 3.8) is 0 Å². The van der Waals surface area contributed by atoms with Crippen LogP contribution in [0, 0.1) is 23.5 Å². The van der Waals surface area contributed by atoms with Gasteiger partial charge in [-0.1, -0.05) is 64.4 Å². The molecular weight excluding hydrogens is 534 g/mol. The number of phenols is 1. The number of amides is 1. The lowest BCUT2D eigenvalue weighted by molar-refractivity contribution is -0.149. The zero-order chi connectivity index (χ0) is 29.9. The van der Waals surface area contributed by atoms with Gasteiger partial charge >= 0.3 is 5.97 Å². The van der Waals surface area contributed by atoms with E-state index in [1.807, 2.05) is 49.7 Å². The molecule has 2 aromatic carbocycles. The summed E-state index contributed by atoms with van der Waals surface area (Å²) in [5.41, 5.74) is 6.55. The molecule has 3 heterocycles. The SMILES string of the molecule is CCCC(CC)C(=O)Nc1nc2c(F)c(F)c1-c1cc(OCc3ccccc3)cc(O)c1[C@](N)(C(C)C)C(=O)ON2. The summed E-state index contributed by atoms with van der Waals surface area (Å²) < 4.78 is 37.1. The normalized spacial score (nSPS) is 16.9. The van der Waals surface area contributed by atoms with Crippen molar-refractivity contribution < 1.29 is 33.1 Å². The Bertz CT molecular complexity index is 1450. The number of hydrogen-bond donors (Lipinski definition) is 4. The summed E-state index contributed by atoms with van der Waals surface area (Å²) in [4.78, 5) is 35.7. The average Bonchev–Trinajstić information content (AvgIpc) is 2.95. The lowest BCUT2D eigenvalue weighted by atomic mass is 9.76. The molecule has 11 heteroatoms. The molecule has 3 aromatic rings. The topological polar surface area (TPSA) is 136 Å². The number of benzene rings is 2. The van der Waals surface area contributed by atoms with E-state index in [9.17, 15) is 14.7 Å². The standard InChI is InChI=1S/C30H34F2N4O5/c1-5-10-18(6-2)28(38)35-26-22-20-13-19(40-15-17-11-8-7-9-12-17)14-21(37)23(20)30(33,16(3)4)29(39)41-36-27(34-26)25(32)24(22)31/h7-9,11-14,16,18,37H,5-6,10,15,33H2,1-4H3,(H2,34,35,36,38)/t18?,30-/m1/s1. The molecule has 0 saturated carbocycles. The first-order valence-electron chi connectivity index (χ1n) is 13.5. The van der Waals surface area contributed by atoms with E-state index in [1.54, 1.807) is 13.8 Å². The number of aromatic nitrogens is 1. The fourth-order valence-electron chi connectivity index (χ4n) is 4.89. The number of hydrogen-bond acceptors (Lipinski definition) is 8. The molecular formula is C30H34F2N4O5. The minimum Gasteiger partial charge on any atom is -0.507 e. The molecule has 0 spiro atoms. The number of anilines is 2. The highest BCUT2D eigenvalue weighted by atomic mass is 19.2. The Morgan fingerprint density at radius 2 is 1.90 bits per heavy atom. The quantitative estimate of drug-likeness (QED) is 0.256. The summed E-state index contributed by atoms with van der Waals surface area (Å²) >= 11 is 0. The van der Waals surface area contributed by atoms with Gasteiger partial charge in [0.2, 0.25) is 17.5 Å². The van der Waals surface area contributed by atoms with E-state index < -0.39 is 58.0 Å². The molecule has 2 aliphatic rings. The van der Waals surface area contributed by atoms with Crippen molar-refractivity contribution in [3.8, 4) is 22.6 Å². The van der Waals surface area contributed by atoms with Gasteiger partial charge in [-0.3, -0.25) is 4.79 Å². The first-order valence-corrected chi connectivity index (χ1v) is 13.5. The van der Waals surface area contributed by atoms with Gasteiger partial charge in [0.25, 0.3) is 0 Å². The number of rotatable bonds is 9. The maximum Gasteiger partial charge on any atom is 0.356 e. The van der Waals surface area contributed by atoms with Crippen LogP contribution in [0.4, 0.5) is 20.4 Å². The van der Waals surface area contributed by atoms with Gasteiger partial charge in [-0.2, -0.15) is 9.87 Å². The molecule has 2 atom stereocenters. The second-order valence-electron chi connectivity index (χ2n) is 10.3. The summed E-state index contributed by atoms with van der Waals surface area (Å²) in [5, 5.41) is 13.9. The first-order chi connectivity index (χ1) is 19.5. The summed E-state index contributed by atoms with van der Waals surface area (Å²) in [6, 6.07) is 11.7. The molecule has 1 amide bonds. The number of ether oxygens (including phenoxy) is 1. The number of pyridine rings is 1. The van der Waals surface area contributed by atoms with Crippen LogP contribution in [0.1, 0.15) is 58.1 Å². The van der Waals surface area contributed by atoms with Crippen molar-refractivity contribution in [2.45, 2.75) is 59.1 Å². The second kappa shape index (κ2) is 12.1. The number of carbonyl (C=O) groups is 2. The minimum atomic E-state index is -2.03. The highest BCUT2D eigenvalue weighted by molar-refractivity contribution is 5.98. The number of aromatic hydroxyl groups is 1. The smallest absolute Gasteiger partial charge is 0.356 e. The lowest BCUT2D eigenvalue weighted by Gasteiger charge is -2.35. The van der Waals surface area contributed by atoms with Gasteiger partial charge < -0.3 is 25.7 Å². The highest BCUT2D eigenvalue weighted by Gasteiger charge is 2.47. The van der Waals surface area contributed by atoms with Gasteiger partial charge in [-0.25, -0.2) is 14.2 Å². The molecule has 5 N–H and O–H groups in total. The van der Waals surface area contributed by atoms with Gasteiger partial charge in [-0.05, 0) is 30.4 Å². The third-order valence-electron chi connectivity index (χ3n) is 7.33. The van der Waals surface area contributed by atoms with Crippen LogP contribution in [0.5, 0.6) is 11.5 Å². The second-order valence-corrected chi connectivity index (χ2v) is 10.3. The van der Waals surface area contributed by atoms with E-state index in [4.69, 9.17) is 15.3 Å². The van der Waals surface area contributed by atoms with E-state index in [0.717, 1.165) is 12.0 Å². The first kappa shape index (κ1) is 29.7. The molecule has 5 rings (SSSR count). The number of nitrogens with two attached hydrogens (primary N) is 1. The number of nitrogens with zero attached hydrogens (tertiary/aromatic N) is 1. The van der Waals surface area contributed by atoms with Gasteiger partial charge in [0, 0.05) is 23.1 Å². The lowest BCUT2D eigenvalue weighted by Crippen LogP contribution is -2.51. The Morgan fingerprint density at radius 3 is 2.54 bits per heavy atom. The summed E-state index contributed by atoms with van der Waals surface area (Å²) in [7, 11) is 0. The Labute approximate surface area is 237 Å². The largest absolute Gasteiger partial charge is 0.507 e. The van der Waals surface area contributed by atoms with Gasteiger partial charge in [-0.15, -0.1) is 0 Å². The molecule has 1 aromatic heterocycles. The zero-order valence-corrected chi connectivity index (χ0v) is 23.4. The van der Waals surface area contributed by atoms with Crippen molar-refractivity contribution in [2.24, 2.45) is 17.6 Å². The van der Waals surface area contributed by atoms with E-state index in [2.05, 4.69) is 10.3 Å². The van der Waals surface area contributed by atoms with Gasteiger partial charge in [0.05, 0.1) is 5.56 Å². The fourth-order valence-corrected chi connectivity index (χ4v) is 4.89. The van der Waals surface area contributed by atoms with E-state index >= 15 is 8.78 Å².